The quantitative estimate of drug-likeness (QED) is 0.813. The van der Waals surface area contributed by atoms with E-state index in [0.717, 1.165) is 51.3 Å². The van der Waals surface area contributed by atoms with Crippen molar-refractivity contribution in [3.8, 4) is 0 Å². The van der Waals surface area contributed by atoms with Crippen molar-refractivity contribution in [3.05, 3.63) is 22.4 Å². The number of ether oxygens (including phenoxy) is 1. The number of carbonyl (C=O) groups excluding carboxylic acids is 1. The summed E-state index contributed by atoms with van der Waals surface area (Å²) in [5, 5.41) is 11.2. The molecule has 0 aliphatic carbocycles. The SMILES string of the molecule is CN1CCOCC12CCN(C(=O)Cc1ccsc1)CC2.O=C(O)C(F)(F)F. The van der Waals surface area contributed by atoms with Crippen molar-refractivity contribution < 1.29 is 32.6 Å². The summed E-state index contributed by atoms with van der Waals surface area (Å²) in [5.41, 5.74) is 1.30. The van der Waals surface area contributed by atoms with Crippen LogP contribution < -0.4 is 0 Å². The molecule has 2 aliphatic rings. The predicted octanol–water partition coefficient (Wildman–Crippen LogP) is 2.25. The summed E-state index contributed by atoms with van der Waals surface area (Å²) in [6.45, 7) is 4.37. The van der Waals surface area contributed by atoms with Gasteiger partial charge in [0.2, 0.25) is 5.91 Å². The highest BCUT2D eigenvalue weighted by Gasteiger charge is 2.41. The Hall–Kier alpha value is -1.65. The standard InChI is InChI=1S/C15H22N2O2S.C2HF3O2/c1-16-7-8-19-12-15(16)3-5-17(6-4-15)14(18)10-13-2-9-20-11-13;3-2(4,5)1(6)7/h2,9,11H,3-8,10,12H2,1H3;(H,6,7). The lowest BCUT2D eigenvalue weighted by atomic mass is 9.85. The lowest BCUT2D eigenvalue weighted by molar-refractivity contribution is -0.192. The van der Waals surface area contributed by atoms with Gasteiger partial charge < -0.3 is 14.7 Å². The van der Waals surface area contributed by atoms with E-state index >= 15 is 0 Å². The topological polar surface area (TPSA) is 70.1 Å². The van der Waals surface area contributed by atoms with Crippen molar-refractivity contribution in [1.82, 2.24) is 9.80 Å². The van der Waals surface area contributed by atoms with Gasteiger partial charge in [-0.2, -0.15) is 24.5 Å². The number of aliphatic carboxylic acids is 1. The van der Waals surface area contributed by atoms with Gasteiger partial charge in [-0.1, -0.05) is 0 Å². The van der Waals surface area contributed by atoms with Crippen LogP contribution in [0.3, 0.4) is 0 Å². The molecule has 0 radical (unpaired) electrons. The first-order chi connectivity index (χ1) is 12.6. The summed E-state index contributed by atoms with van der Waals surface area (Å²) in [6.07, 6.45) is -2.49. The van der Waals surface area contributed by atoms with Crippen molar-refractivity contribution in [2.24, 2.45) is 0 Å². The number of thiophene rings is 1. The third-order valence-electron chi connectivity index (χ3n) is 4.98. The summed E-state index contributed by atoms with van der Waals surface area (Å²) in [5.74, 6) is -2.50. The zero-order valence-electron chi connectivity index (χ0n) is 15.0. The van der Waals surface area contributed by atoms with Crippen molar-refractivity contribution in [2.45, 2.75) is 31.0 Å². The third-order valence-corrected chi connectivity index (χ3v) is 5.71. The van der Waals surface area contributed by atoms with Gasteiger partial charge in [0.05, 0.1) is 19.6 Å². The molecule has 0 bridgehead atoms. The molecule has 6 nitrogen and oxygen atoms in total. The van der Waals surface area contributed by atoms with Crippen LogP contribution in [0.15, 0.2) is 16.8 Å². The molecule has 2 aliphatic heterocycles. The number of halogens is 3. The third kappa shape index (κ3) is 5.91. The largest absolute Gasteiger partial charge is 0.490 e. The monoisotopic (exact) mass is 408 g/mol. The molecule has 1 amide bonds. The van der Waals surface area contributed by atoms with Gasteiger partial charge in [0, 0.05) is 25.2 Å². The number of alkyl halides is 3. The first-order valence-corrected chi connectivity index (χ1v) is 9.46. The normalized spacial score (nSPS) is 20.1. The number of hydrogen-bond donors (Lipinski definition) is 1. The van der Waals surface area contributed by atoms with Crippen molar-refractivity contribution in [3.63, 3.8) is 0 Å². The van der Waals surface area contributed by atoms with E-state index in [2.05, 4.69) is 17.3 Å². The van der Waals surface area contributed by atoms with E-state index in [9.17, 15) is 18.0 Å². The second kappa shape index (κ2) is 9.03. The average Bonchev–Trinajstić information content (AvgIpc) is 3.11. The van der Waals surface area contributed by atoms with Crippen LogP contribution in [0, 0.1) is 0 Å². The molecule has 1 aromatic heterocycles. The summed E-state index contributed by atoms with van der Waals surface area (Å²) >= 11 is 1.65. The van der Waals surface area contributed by atoms with E-state index in [4.69, 9.17) is 14.6 Å². The molecule has 1 spiro atoms. The second-order valence-electron chi connectivity index (χ2n) is 6.69. The van der Waals surface area contributed by atoms with Gasteiger partial charge in [-0.05, 0) is 42.3 Å². The van der Waals surface area contributed by atoms with E-state index in [1.165, 1.54) is 0 Å². The van der Waals surface area contributed by atoms with E-state index in [-0.39, 0.29) is 11.4 Å². The van der Waals surface area contributed by atoms with Crippen LogP contribution in [0.1, 0.15) is 18.4 Å². The van der Waals surface area contributed by atoms with Gasteiger partial charge in [0.25, 0.3) is 0 Å². The van der Waals surface area contributed by atoms with Gasteiger partial charge in [-0.3, -0.25) is 9.69 Å². The fourth-order valence-electron chi connectivity index (χ4n) is 3.19. The number of rotatable bonds is 2. The van der Waals surface area contributed by atoms with Crippen molar-refractivity contribution >= 4 is 23.2 Å². The minimum absolute atomic E-state index is 0.164. The molecule has 2 fully saturated rings. The molecule has 152 valence electrons. The van der Waals surface area contributed by atoms with Crippen molar-refractivity contribution in [1.29, 1.82) is 0 Å². The van der Waals surface area contributed by atoms with Crippen LogP contribution in [0.25, 0.3) is 0 Å². The van der Waals surface area contributed by atoms with Gasteiger partial charge in [-0.15, -0.1) is 0 Å². The van der Waals surface area contributed by atoms with Crippen LogP contribution in [0.2, 0.25) is 0 Å². The summed E-state index contributed by atoms with van der Waals surface area (Å²) in [4.78, 5) is 25.6. The maximum Gasteiger partial charge on any atom is 0.490 e. The van der Waals surface area contributed by atoms with Crippen LogP contribution in [0.5, 0.6) is 0 Å². The first-order valence-electron chi connectivity index (χ1n) is 8.52. The Kier molecular flexibility index (Phi) is 7.24. The number of carboxylic acid groups (broad SMARTS) is 1. The maximum atomic E-state index is 12.3. The van der Waals surface area contributed by atoms with Gasteiger partial charge >= 0.3 is 12.1 Å². The fourth-order valence-corrected chi connectivity index (χ4v) is 3.86. The van der Waals surface area contributed by atoms with E-state index in [1.54, 1.807) is 11.3 Å². The van der Waals surface area contributed by atoms with E-state index in [1.807, 2.05) is 16.3 Å². The Bertz CT molecular complexity index is 629. The molecule has 1 aromatic rings. The lowest BCUT2D eigenvalue weighted by Gasteiger charge is -2.49. The average molecular weight is 408 g/mol. The highest BCUT2D eigenvalue weighted by Crippen LogP contribution is 2.30. The summed E-state index contributed by atoms with van der Waals surface area (Å²) in [6, 6.07) is 2.04. The molecule has 1 N–H and O–H groups in total. The number of morpholine rings is 1. The van der Waals surface area contributed by atoms with E-state index < -0.39 is 12.1 Å². The molecule has 0 aromatic carbocycles. The van der Waals surface area contributed by atoms with Crippen LogP contribution in [-0.4, -0.2) is 78.4 Å². The smallest absolute Gasteiger partial charge is 0.475 e. The maximum absolute atomic E-state index is 12.3. The molecule has 0 atom stereocenters. The zero-order chi connectivity index (χ0) is 20.1. The number of carboxylic acids is 1. The number of piperidine rings is 1. The number of amides is 1. The first kappa shape index (κ1) is 21.6. The van der Waals surface area contributed by atoms with Crippen LogP contribution >= 0.6 is 11.3 Å². The molecule has 0 saturated carbocycles. The van der Waals surface area contributed by atoms with Crippen LogP contribution in [-0.2, 0) is 20.7 Å². The molecule has 10 heteroatoms. The van der Waals surface area contributed by atoms with E-state index in [0.29, 0.717) is 6.42 Å². The molecule has 27 heavy (non-hydrogen) atoms. The molecule has 3 heterocycles. The minimum atomic E-state index is -5.08. The highest BCUT2D eigenvalue weighted by molar-refractivity contribution is 7.08. The number of likely N-dealkylation sites (N-methyl/N-ethyl adjacent to an activating group) is 1. The van der Waals surface area contributed by atoms with Gasteiger partial charge in [0.15, 0.2) is 0 Å². The van der Waals surface area contributed by atoms with Gasteiger partial charge in [0.1, 0.15) is 0 Å². The number of nitrogens with zero attached hydrogens (tertiary/aromatic N) is 2. The molecule has 3 rings (SSSR count). The Morgan fingerprint density at radius 1 is 1.30 bits per heavy atom. The number of hydrogen-bond acceptors (Lipinski definition) is 5. The predicted molar refractivity (Wildman–Crippen MR) is 93.7 cm³/mol. The number of likely N-dealkylation sites (tertiary alicyclic amines) is 1. The second-order valence-corrected chi connectivity index (χ2v) is 7.47. The Morgan fingerprint density at radius 2 is 1.93 bits per heavy atom. The zero-order valence-corrected chi connectivity index (χ0v) is 15.8. The highest BCUT2D eigenvalue weighted by atomic mass is 32.1. The molecular weight excluding hydrogens is 385 g/mol. The molecule has 2 saturated heterocycles. The minimum Gasteiger partial charge on any atom is -0.475 e. The summed E-state index contributed by atoms with van der Waals surface area (Å²) in [7, 11) is 2.19. The lowest BCUT2D eigenvalue weighted by Crippen LogP contribution is -2.60. The fraction of sp³-hybridized carbons (Fsp3) is 0.647. The van der Waals surface area contributed by atoms with Gasteiger partial charge in [-0.25, -0.2) is 4.79 Å². The van der Waals surface area contributed by atoms with Crippen molar-refractivity contribution in [2.75, 3.05) is 39.9 Å². The summed E-state index contributed by atoms with van der Waals surface area (Å²) < 4.78 is 37.4. The molecule has 0 unspecified atom stereocenters. The molecular formula is C17H23F3N2O4S. The Labute approximate surface area is 159 Å². The Morgan fingerprint density at radius 3 is 2.41 bits per heavy atom. The van der Waals surface area contributed by atoms with Crippen LogP contribution in [0.4, 0.5) is 13.2 Å². The Balaban J connectivity index is 0.000000321. The number of carbonyl (C=O) groups is 2.